The number of hydrogen-bond acceptors (Lipinski definition) is 5. The second-order valence-electron chi connectivity index (χ2n) is 6.54. The fraction of sp³-hybridized carbons (Fsp3) is 0.263. The van der Waals surface area contributed by atoms with Crippen LogP contribution in [0.2, 0.25) is 0 Å². The van der Waals surface area contributed by atoms with Gasteiger partial charge in [-0.05, 0) is 30.4 Å². The summed E-state index contributed by atoms with van der Waals surface area (Å²) >= 11 is 0. The van der Waals surface area contributed by atoms with E-state index in [0.717, 1.165) is 29.6 Å². The average Bonchev–Trinajstić information content (AvgIpc) is 2.68. The lowest BCUT2D eigenvalue weighted by atomic mass is 9.89. The normalized spacial score (nSPS) is 15.3. The van der Waals surface area contributed by atoms with Crippen molar-refractivity contribution in [2.24, 2.45) is 5.73 Å². The number of anilines is 1. The summed E-state index contributed by atoms with van der Waals surface area (Å²) in [7, 11) is 0. The fourth-order valence-electron chi connectivity index (χ4n) is 3.50. The maximum atomic E-state index is 11.2. The molecule has 132 valence electrons. The molecule has 3 aromatic rings. The number of carbonyl (C=O) groups is 1. The van der Waals surface area contributed by atoms with Crippen molar-refractivity contribution in [3.05, 3.63) is 48.3 Å². The highest BCUT2D eigenvalue weighted by Crippen LogP contribution is 2.30. The highest BCUT2D eigenvalue weighted by Gasteiger charge is 2.22. The molecular formula is C19H20N6O. The van der Waals surface area contributed by atoms with Crippen LogP contribution in [0.4, 0.5) is 10.6 Å². The van der Waals surface area contributed by atoms with Gasteiger partial charge in [-0.15, -0.1) is 0 Å². The Bertz CT molecular complexity index is 948. The molecule has 0 radical (unpaired) electrons. The summed E-state index contributed by atoms with van der Waals surface area (Å²) in [5, 5.41) is 0. The predicted octanol–water partition coefficient (Wildman–Crippen LogP) is 2.53. The Kier molecular flexibility index (Phi) is 4.12. The summed E-state index contributed by atoms with van der Waals surface area (Å²) in [6.45, 7) is 1.42. The smallest absolute Gasteiger partial charge is 0.314 e. The van der Waals surface area contributed by atoms with Crippen molar-refractivity contribution in [1.29, 1.82) is 0 Å². The second kappa shape index (κ2) is 6.59. The molecule has 3 heterocycles. The van der Waals surface area contributed by atoms with Gasteiger partial charge in [0.05, 0.1) is 11.2 Å². The lowest BCUT2D eigenvalue weighted by Gasteiger charge is -2.31. The number of pyridine rings is 1. The number of aromatic nitrogens is 3. The number of nitrogen functional groups attached to an aromatic ring is 1. The molecule has 26 heavy (non-hydrogen) atoms. The van der Waals surface area contributed by atoms with Crippen LogP contribution in [0.3, 0.4) is 0 Å². The van der Waals surface area contributed by atoms with Crippen molar-refractivity contribution in [2.75, 3.05) is 18.8 Å². The number of benzene rings is 1. The van der Waals surface area contributed by atoms with Crippen LogP contribution in [0.25, 0.3) is 22.3 Å². The number of fused-ring (bicyclic) bond motifs is 1. The van der Waals surface area contributed by atoms with E-state index >= 15 is 0 Å². The molecule has 4 N–H and O–H groups in total. The summed E-state index contributed by atoms with van der Waals surface area (Å²) < 4.78 is 0. The first-order valence-electron chi connectivity index (χ1n) is 8.64. The summed E-state index contributed by atoms with van der Waals surface area (Å²) in [6.07, 6.45) is 5.11. The van der Waals surface area contributed by atoms with Gasteiger partial charge in [0.2, 0.25) is 0 Å². The number of carbonyl (C=O) groups excluding carboxylic acids is 1. The highest BCUT2D eigenvalue weighted by molar-refractivity contribution is 5.87. The van der Waals surface area contributed by atoms with Crippen molar-refractivity contribution in [2.45, 2.75) is 18.8 Å². The number of likely N-dealkylation sites (tertiary alicyclic amines) is 1. The van der Waals surface area contributed by atoms with Crippen molar-refractivity contribution in [3.8, 4) is 11.3 Å². The molecule has 0 aliphatic carbocycles. The van der Waals surface area contributed by atoms with Gasteiger partial charge in [0.15, 0.2) is 5.82 Å². The lowest BCUT2D eigenvalue weighted by molar-refractivity contribution is 0.190. The molecule has 1 saturated heterocycles. The van der Waals surface area contributed by atoms with Crippen LogP contribution in [0, 0.1) is 0 Å². The van der Waals surface area contributed by atoms with Crippen LogP contribution in [0.5, 0.6) is 0 Å². The number of primary amides is 1. The quantitative estimate of drug-likeness (QED) is 0.739. The minimum absolute atomic E-state index is 0.332. The van der Waals surface area contributed by atoms with Gasteiger partial charge in [-0.2, -0.15) is 0 Å². The number of hydrogen-bond donors (Lipinski definition) is 2. The molecule has 2 aromatic heterocycles. The van der Waals surface area contributed by atoms with E-state index in [4.69, 9.17) is 11.5 Å². The highest BCUT2D eigenvalue weighted by atomic mass is 16.2. The van der Waals surface area contributed by atoms with E-state index in [0.29, 0.717) is 30.3 Å². The Morgan fingerprint density at radius 3 is 2.46 bits per heavy atom. The zero-order valence-corrected chi connectivity index (χ0v) is 14.3. The van der Waals surface area contributed by atoms with Gasteiger partial charge in [-0.3, -0.25) is 4.98 Å². The van der Waals surface area contributed by atoms with Gasteiger partial charge < -0.3 is 16.4 Å². The molecule has 0 atom stereocenters. The molecule has 1 aromatic carbocycles. The minimum Gasteiger partial charge on any atom is -0.382 e. The molecule has 0 saturated carbocycles. The molecular weight excluding hydrogens is 328 g/mol. The van der Waals surface area contributed by atoms with Crippen LogP contribution < -0.4 is 11.5 Å². The summed E-state index contributed by atoms with van der Waals surface area (Å²) in [4.78, 5) is 25.9. The Morgan fingerprint density at radius 1 is 1.08 bits per heavy atom. The van der Waals surface area contributed by atoms with E-state index < -0.39 is 0 Å². The van der Waals surface area contributed by atoms with Crippen LogP contribution in [0.1, 0.15) is 24.3 Å². The maximum Gasteiger partial charge on any atom is 0.314 e. The van der Waals surface area contributed by atoms with E-state index in [-0.39, 0.29) is 6.03 Å². The molecule has 1 fully saturated rings. The van der Waals surface area contributed by atoms with Crippen LogP contribution in [-0.4, -0.2) is 39.0 Å². The topological polar surface area (TPSA) is 111 Å². The van der Waals surface area contributed by atoms with E-state index in [9.17, 15) is 4.79 Å². The number of piperidine rings is 1. The molecule has 7 nitrogen and oxygen atoms in total. The van der Waals surface area contributed by atoms with Gasteiger partial charge in [0.1, 0.15) is 5.52 Å². The number of urea groups is 1. The Hall–Kier alpha value is -3.22. The molecule has 2 amide bonds. The van der Waals surface area contributed by atoms with Gasteiger partial charge in [0.25, 0.3) is 0 Å². The molecule has 7 heteroatoms. The lowest BCUT2D eigenvalue weighted by Crippen LogP contribution is -2.41. The summed E-state index contributed by atoms with van der Waals surface area (Å²) in [6, 6.07) is 9.93. The predicted molar refractivity (Wildman–Crippen MR) is 100 cm³/mol. The molecule has 1 aliphatic rings. The molecule has 0 spiro atoms. The average molecular weight is 348 g/mol. The van der Waals surface area contributed by atoms with E-state index in [1.165, 1.54) is 5.56 Å². The SMILES string of the molecule is NC(=O)N1CCC(c2ccc(-c3cc4nccnc4c(N)n3)cc2)CC1. The van der Waals surface area contributed by atoms with Gasteiger partial charge in [-0.25, -0.2) is 14.8 Å². The number of nitrogens with two attached hydrogens (primary N) is 2. The third kappa shape index (κ3) is 3.03. The van der Waals surface area contributed by atoms with Crippen molar-refractivity contribution in [1.82, 2.24) is 19.9 Å². The van der Waals surface area contributed by atoms with Crippen LogP contribution in [-0.2, 0) is 0 Å². The van der Waals surface area contributed by atoms with Crippen molar-refractivity contribution >= 4 is 22.9 Å². The molecule has 0 unspecified atom stereocenters. The monoisotopic (exact) mass is 348 g/mol. The van der Waals surface area contributed by atoms with Gasteiger partial charge in [0, 0.05) is 31.0 Å². The number of rotatable bonds is 2. The Balaban J connectivity index is 1.56. The zero-order valence-electron chi connectivity index (χ0n) is 14.3. The third-order valence-electron chi connectivity index (χ3n) is 4.97. The molecule has 0 bridgehead atoms. The largest absolute Gasteiger partial charge is 0.382 e. The standard InChI is InChI=1S/C19H20N6O/c20-18-17-16(22-7-8-23-17)11-15(24-18)14-3-1-12(2-4-14)13-5-9-25(10-6-13)19(21)26/h1-4,7-8,11,13H,5-6,9-10H2,(H2,20,24)(H2,21,26). The fourth-order valence-corrected chi connectivity index (χ4v) is 3.50. The first kappa shape index (κ1) is 16.3. The van der Waals surface area contributed by atoms with E-state index in [1.54, 1.807) is 17.3 Å². The van der Waals surface area contributed by atoms with Crippen molar-refractivity contribution < 1.29 is 4.79 Å². The molecule has 1 aliphatic heterocycles. The van der Waals surface area contributed by atoms with E-state index in [2.05, 4.69) is 39.2 Å². The third-order valence-corrected chi connectivity index (χ3v) is 4.97. The number of amides is 2. The van der Waals surface area contributed by atoms with Crippen LogP contribution in [0.15, 0.2) is 42.7 Å². The first-order valence-corrected chi connectivity index (χ1v) is 8.64. The zero-order chi connectivity index (χ0) is 18.1. The van der Waals surface area contributed by atoms with E-state index in [1.807, 2.05) is 6.07 Å². The second-order valence-corrected chi connectivity index (χ2v) is 6.54. The maximum absolute atomic E-state index is 11.2. The summed E-state index contributed by atoms with van der Waals surface area (Å²) in [5.41, 5.74) is 15.8. The first-order chi connectivity index (χ1) is 12.6. The van der Waals surface area contributed by atoms with Crippen LogP contribution >= 0.6 is 0 Å². The van der Waals surface area contributed by atoms with Gasteiger partial charge in [-0.1, -0.05) is 24.3 Å². The Labute approximate surface area is 151 Å². The van der Waals surface area contributed by atoms with Gasteiger partial charge >= 0.3 is 6.03 Å². The van der Waals surface area contributed by atoms with Crippen molar-refractivity contribution in [3.63, 3.8) is 0 Å². The minimum atomic E-state index is -0.332. The Morgan fingerprint density at radius 2 is 1.77 bits per heavy atom. The summed E-state index contributed by atoms with van der Waals surface area (Å²) in [5.74, 6) is 0.827. The number of nitrogens with zero attached hydrogens (tertiary/aromatic N) is 4. The molecule has 4 rings (SSSR count).